The molecule has 212 valence electrons. The number of anilines is 2. The number of H-pyrrole nitrogens is 1. The molecule has 1 saturated carbocycles. The molecule has 6 rings (SSSR count). The van der Waals surface area contributed by atoms with Crippen molar-refractivity contribution in [3.8, 4) is 17.3 Å². The number of aromatic nitrogens is 4. The molecular formula is C31H34N6O4. The second kappa shape index (κ2) is 10.9. The van der Waals surface area contributed by atoms with E-state index >= 15 is 0 Å². The van der Waals surface area contributed by atoms with E-state index in [9.17, 15) is 9.59 Å². The van der Waals surface area contributed by atoms with Gasteiger partial charge in [0, 0.05) is 32.1 Å². The molecular weight excluding hydrogens is 520 g/mol. The molecule has 1 aromatic carbocycles. The average molecular weight is 555 g/mol. The fraction of sp³-hybridized carbons (Fsp3) is 0.387. The Morgan fingerprint density at radius 1 is 1.10 bits per heavy atom. The Kier molecular flexibility index (Phi) is 7.17. The molecule has 0 atom stereocenters. The zero-order chi connectivity index (χ0) is 28.6. The van der Waals surface area contributed by atoms with Gasteiger partial charge in [0.2, 0.25) is 11.8 Å². The molecule has 1 aliphatic heterocycles. The first-order valence-corrected chi connectivity index (χ1v) is 14.0. The monoisotopic (exact) mass is 554 g/mol. The summed E-state index contributed by atoms with van der Waals surface area (Å²) < 4.78 is 10.6. The number of aryl methyl sites for hydroxylation is 1. The highest BCUT2D eigenvalue weighted by atomic mass is 16.5. The fourth-order valence-corrected chi connectivity index (χ4v) is 5.93. The zero-order valence-corrected chi connectivity index (χ0v) is 23.6. The number of nitrogens with one attached hydrogen (secondary N) is 2. The summed E-state index contributed by atoms with van der Waals surface area (Å²) in [6, 6.07) is 9.93. The number of nitrogens with zero attached hydrogens (tertiary/aromatic N) is 4. The summed E-state index contributed by atoms with van der Waals surface area (Å²) >= 11 is 0. The predicted octanol–water partition coefficient (Wildman–Crippen LogP) is 4.57. The van der Waals surface area contributed by atoms with Gasteiger partial charge in [-0.15, -0.1) is 0 Å². The standard InChI is InChI=1S/C31H34N6O4/c1-19-14-22(4-5-23(19)20-7-12-37(13-8-20)30(39)31(9-10-31)18-40-2)34-28-27-21(6-11-33-29(27)38)15-24(36-28)25-16-32-17-26(35-25)41-3/h4-6,11,14-17,20H,7-10,12-13,18H2,1-3H3,(H,33,38)(H,34,36). The van der Waals surface area contributed by atoms with Gasteiger partial charge in [-0.1, -0.05) is 6.07 Å². The molecule has 0 spiro atoms. The van der Waals surface area contributed by atoms with Crippen molar-refractivity contribution in [2.75, 3.05) is 39.2 Å². The Morgan fingerprint density at radius 3 is 2.61 bits per heavy atom. The number of likely N-dealkylation sites (tertiary alicyclic amines) is 1. The lowest BCUT2D eigenvalue weighted by Gasteiger charge is -2.35. The molecule has 41 heavy (non-hydrogen) atoms. The van der Waals surface area contributed by atoms with Crippen LogP contribution in [0.25, 0.3) is 22.2 Å². The summed E-state index contributed by atoms with van der Waals surface area (Å²) in [5.74, 6) is 1.47. The summed E-state index contributed by atoms with van der Waals surface area (Å²) in [6.45, 7) is 4.17. The van der Waals surface area contributed by atoms with Crippen molar-refractivity contribution in [1.82, 2.24) is 24.8 Å². The van der Waals surface area contributed by atoms with E-state index in [2.05, 4.69) is 39.3 Å². The molecule has 10 heteroatoms. The van der Waals surface area contributed by atoms with Gasteiger partial charge in [-0.25, -0.2) is 9.97 Å². The van der Waals surface area contributed by atoms with Crippen molar-refractivity contribution in [3.63, 3.8) is 0 Å². The van der Waals surface area contributed by atoms with Crippen LogP contribution in [0.4, 0.5) is 11.5 Å². The molecule has 10 nitrogen and oxygen atoms in total. The first kappa shape index (κ1) is 26.9. The van der Waals surface area contributed by atoms with E-state index in [0.29, 0.717) is 41.0 Å². The number of piperidine rings is 1. The van der Waals surface area contributed by atoms with Gasteiger partial charge in [-0.3, -0.25) is 14.6 Å². The number of pyridine rings is 2. The molecule has 0 radical (unpaired) electrons. The van der Waals surface area contributed by atoms with Crippen LogP contribution in [0, 0.1) is 12.3 Å². The van der Waals surface area contributed by atoms with E-state index in [1.54, 1.807) is 19.5 Å². The summed E-state index contributed by atoms with van der Waals surface area (Å²) in [7, 11) is 3.21. The largest absolute Gasteiger partial charge is 0.480 e. The SMILES string of the molecule is COCC1(C(=O)N2CCC(c3ccc(Nc4nc(-c5cncc(OC)n5)cc5cc[nH]c(=O)c45)cc3C)CC2)CC1. The first-order chi connectivity index (χ1) is 19.9. The molecule has 3 aromatic heterocycles. The van der Waals surface area contributed by atoms with Crippen LogP contribution >= 0.6 is 0 Å². The van der Waals surface area contributed by atoms with Gasteiger partial charge in [0.25, 0.3) is 5.56 Å². The number of benzene rings is 1. The maximum atomic E-state index is 13.1. The van der Waals surface area contributed by atoms with E-state index in [4.69, 9.17) is 14.5 Å². The Morgan fingerprint density at radius 2 is 1.90 bits per heavy atom. The van der Waals surface area contributed by atoms with Gasteiger partial charge in [0.15, 0.2) is 0 Å². The van der Waals surface area contributed by atoms with Gasteiger partial charge in [0.05, 0.1) is 42.6 Å². The number of methoxy groups -OCH3 is 2. The minimum atomic E-state index is -0.277. The Hall–Kier alpha value is -4.31. The van der Waals surface area contributed by atoms with Crippen LogP contribution in [0.1, 0.15) is 42.7 Å². The second-order valence-electron chi connectivity index (χ2n) is 11.0. The highest BCUT2D eigenvalue weighted by Gasteiger charge is 2.52. The molecule has 1 saturated heterocycles. The Bertz CT molecular complexity index is 1660. The van der Waals surface area contributed by atoms with Gasteiger partial charge in [0.1, 0.15) is 11.5 Å². The van der Waals surface area contributed by atoms with Crippen LogP contribution in [0.3, 0.4) is 0 Å². The van der Waals surface area contributed by atoms with E-state index in [1.807, 2.05) is 23.1 Å². The third kappa shape index (κ3) is 5.27. The number of fused-ring (bicyclic) bond motifs is 1. The third-order valence-electron chi connectivity index (χ3n) is 8.32. The summed E-state index contributed by atoms with van der Waals surface area (Å²) in [4.78, 5) is 44.1. The molecule has 4 aromatic rings. The van der Waals surface area contributed by atoms with Gasteiger partial charge < -0.3 is 24.7 Å². The maximum Gasteiger partial charge on any atom is 0.259 e. The van der Waals surface area contributed by atoms with Gasteiger partial charge in [-0.05, 0) is 79.3 Å². The Balaban J connectivity index is 1.23. The number of hydrogen-bond acceptors (Lipinski definition) is 8. The van der Waals surface area contributed by atoms with E-state index in [1.165, 1.54) is 18.9 Å². The second-order valence-corrected chi connectivity index (χ2v) is 11.0. The highest BCUT2D eigenvalue weighted by molar-refractivity contribution is 5.95. The van der Waals surface area contributed by atoms with Crippen LogP contribution in [0.15, 0.2) is 53.7 Å². The minimum Gasteiger partial charge on any atom is -0.480 e. The van der Waals surface area contributed by atoms with E-state index < -0.39 is 0 Å². The van der Waals surface area contributed by atoms with Crippen molar-refractivity contribution in [1.29, 1.82) is 0 Å². The number of rotatable bonds is 8. The molecule has 2 N–H and O–H groups in total. The summed E-state index contributed by atoms with van der Waals surface area (Å²) in [6.07, 6.45) is 8.51. The number of carbonyl (C=O) groups excluding carboxylic acids is 1. The van der Waals surface area contributed by atoms with Crippen LogP contribution in [-0.4, -0.2) is 64.7 Å². The van der Waals surface area contributed by atoms with E-state index in [0.717, 1.165) is 55.4 Å². The normalized spacial score (nSPS) is 16.5. The molecule has 1 aliphatic carbocycles. The van der Waals surface area contributed by atoms with Crippen LogP contribution in [-0.2, 0) is 9.53 Å². The maximum absolute atomic E-state index is 13.1. The number of ether oxygens (including phenoxy) is 2. The van der Waals surface area contributed by atoms with Gasteiger partial charge in [-0.2, -0.15) is 0 Å². The first-order valence-electron chi connectivity index (χ1n) is 14.0. The molecule has 0 unspecified atom stereocenters. The number of carbonyl (C=O) groups is 1. The molecule has 2 aliphatic rings. The number of hydrogen-bond donors (Lipinski definition) is 2. The van der Waals surface area contributed by atoms with Gasteiger partial charge >= 0.3 is 0 Å². The molecule has 4 heterocycles. The van der Waals surface area contributed by atoms with Crippen LogP contribution in [0.5, 0.6) is 5.88 Å². The molecule has 1 amide bonds. The number of amides is 1. The highest BCUT2D eigenvalue weighted by Crippen LogP contribution is 2.48. The molecule has 0 bridgehead atoms. The lowest BCUT2D eigenvalue weighted by Crippen LogP contribution is -2.43. The lowest BCUT2D eigenvalue weighted by molar-refractivity contribution is -0.140. The summed E-state index contributed by atoms with van der Waals surface area (Å²) in [5.41, 5.74) is 3.89. The van der Waals surface area contributed by atoms with Crippen molar-refractivity contribution in [2.45, 2.75) is 38.5 Å². The fourth-order valence-electron chi connectivity index (χ4n) is 5.93. The molecule has 2 fully saturated rings. The summed E-state index contributed by atoms with van der Waals surface area (Å²) in [5, 5.41) is 4.58. The van der Waals surface area contributed by atoms with Crippen molar-refractivity contribution in [2.24, 2.45) is 5.41 Å². The smallest absolute Gasteiger partial charge is 0.259 e. The third-order valence-corrected chi connectivity index (χ3v) is 8.32. The van der Waals surface area contributed by atoms with Crippen LogP contribution in [0.2, 0.25) is 0 Å². The minimum absolute atomic E-state index is 0.228. The van der Waals surface area contributed by atoms with Crippen molar-refractivity contribution >= 4 is 28.2 Å². The van der Waals surface area contributed by atoms with Crippen LogP contribution < -0.4 is 15.6 Å². The zero-order valence-electron chi connectivity index (χ0n) is 23.6. The topological polar surface area (TPSA) is 122 Å². The number of aromatic amines is 1. The lowest BCUT2D eigenvalue weighted by atomic mass is 9.86. The average Bonchev–Trinajstić information content (AvgIpc) is 3.78. The van der Waals surface area contributed by atoms with Crippen molar-refractivity contribution in [3.05, 3.63) is 70.4 Å². The van der Waals surface area contributed by atoms with Crippen molar-refractivity contribution < 1.29 is 14.3 Å². The predicted molar refractivity (Wildman–Crippen MR) is 157 cm³/mol. The van der Waals surface area contributed by atoms with E-state index in [-0.39, 0.29) is 16.9 Å². The Labute approximate surface area is 238 Å². The quantitative estimate of drug-likeness (QED) is 0.325.